The molecule has 10 nitrogen and oxygen atoms in total. The third-order valence-electron chi connectivity index (χ3n) is 7.81. The molecular formula is C30H33F3N8O2. The zero-order chi connectivity index (χ0) is 30.1. The van der Waals surface area contributed by atoms with E-state index in [1.165, 1.54) is 12.7 Å². The van der Waals surface area contributed by atoms with E-state index in [2.05, 4.69) is 29.8 Å². The van der Waals surface area contributed by atoms with Crippen LogP contribution < -0.4 is 9.64 Å². The van der Waals surface area contributed by atoms with Gasteiger partial charge in [0.15, 0.2) is 11.5 Å². The Hall–Kier alpha value is -4.13. The van der Waals surface area contributed by atoms with Gasteiger partial charge < -0.3 is 18.9 Å². The zero-order valence-corrected chi connectivity index (χ0v) is 24.3. The van der Waals surface area contributed by atoms with Crippen molar-refractivity contribution in [3.05, 3.63) is 60.1 Å². The summed E-state index contributed by atoms with van der Waals surface area (Å²) >= 11 is 0. The highest BCUT2D eigenvalue weighted by atomic mass is 19.4. The van der Waals surface area contributed by atoms with Crippen LogP contribution >= 0.6 is 0 Å². The predicted molar refractivity (Wildman–Crippen MR) is 152 cm³/mol. The summed E-state index contributed by atoms with van der Waals surface area (Å²) < 4.78 is 53.0. The molecule has 1 aromatic carbocycles. The molecule has 1 saturated heterocycles. The minimum atomic E-state index is -4.52. The second-order valence-electron chi connectivity index (χ2n) is 11.1. The molecule has 3 aromatic heterocycles. The second kappa shape index (κ2) is 11.9. The summed E-state index contributed by atoms with van der Waals surface area (Å²) in [7, 11) is 1.57. The van der Waals surface area contributed by atoms with Gasteiger partial charge in [-0.25, -0.2) is 24.9 Å². The SMILES string of the molecule is COc1ncnc(C2CC2)c1-c1ncnc(N(Cc2ccc(-c3nc(C(F)(F)F)cn3C(C)C)cc2)C2CCOCC2)n1. The molecule has 0 bridgehead atoms. The maximum atomic E-state index is 13.4. The highest BCUT2D eigenvalue weighted by Gasteiger charge is 2.35. The van der Waals surface area contributed by atoms with E-state index in [0.717, 1.165) is 43.1 Å². The van der Waals surface area contributed by atoms with Gasteiger partial charge in [-0.05, 0) is 45.1 Å². The molecule has 0 atom stereocenters. The molecule has 226 valence electrons. The van der Waals surface area contributed by atoms with Gasteiger partial charge in [0.25, 0.3) is 0 Å². The third-order valence-corrected chi connectivity index (χ3v) is 7.81. The van der Waals surface area contributed by atoms with Crippen molar-refractivity contribution in [1.29, 1.82) is 0 Å². The molecule has 2 fully saturated rings. The van der Waals surface area contributed by atoms with Gasteiger partial charge in [0.2, 0.25) is 11.8 Å². The fraction of sp³-hybridized carbons (Fsp3) is 0.467. The van der Waals surface area contributed by atoms with E-state index in [1.54, 1.807) is 11.7 Å². The smallest absolute Gasteiger partial charge is 0.434 e. The van der Waals surface area contributed by atoms with Gasteiger partial charge in [0.05, 0.1) is 12.8 Å². The lowest BCUT2D eigenvalue weighted by atomic mass is 10.1. The second-order valence-corrected chi connectivity index (χ2v) is 11.1. The lowest BCUT2D eigenvalue weighted by Crippen LogP contribution is -2.40. The first kappa shape index (κ1) is 29.0. The van der Waals surface area contributed by atoms with Crippen LogP contribution in [0.5, 0.6) is 5.88 Å². The van der Waals surface area contributed by atoms with Crippen molar-refractivity contribution >= 4 is 5.95 Å². The highest BCUT2D eigenvalue weighted by molar-refractivity contribution is 5.66. The van der Waals surface area contributed by atoms with Crippen LogP contribution in [0.3, 0.4) is 0 Å². The molecule has 1 aliphatic carbocycles. The molecule has 6 rings (SSSR count). The summed E-state index contributed by atoms with van der Waals surface area (Å²) in [6.45, 7) is 5.41. The first-order chi connectivity index (χ1) is 20.7. The minimum absolute atomic E-state index is 0.120. The topological polar surface area (TPSA) is 104 Å². The molecule has 0 spiro atoms. The number of ether oxygens (including phenoxy) is 2. The Morgan fingerprint density at radius 1 is 0.977 bits per heavy atom. The average Bonchev–Trinajstić information content (AvgIpc) is 3.76. The van der Waals surface area contributed by atoms with E-state index in [1.807, 2.05) is 38.1 Å². The van der Waals surface area contributed by atoms with Crippen LogP contribution in [0, 0.1) is 0 Å². The number of nitrogens with zero attached hydrogens (tertiary/aromatic N) is 8. The molecule has 4 aromatic rings. The number of hydrogen-bond donors (Lipinski definition) is 0. The molecule has 0 amide bonds. The number of hydrogen-bond acceptors (Lipinski definition) is 9. The number of rotatable bonds is 9. The number of methoxy groups -OCH3 is 1. The molecule has 0 unspecified atom stereocenters. The number of aromatic nitrogens is 7. The lowest BCUT2D eigenvalue weighted by molar-refractivity contribution is -0.140. The Labute approximate surface area is 247 Å². The molecule has 1 saturated carbocycles. The third kappa shape index (κ3) is 6.17. The number of halogens is 3. The van der Waals surface area contributed by atoms with Crippen LogP contribution in [0.2, 0.25) is 0 Å². The molecule has 2 aliphatic rings. The molecule has 0 N–H and O–H groups in total. The maximum Gasteiger partial charge on any atom is 0.434 e. The van der Waals surface area contributed by atoms with E-state index in [4.69, 9.17) is 14.5 Å². The van der Waals surface area contributed by atoms with Gasteiger partial charge in [0, 0.05) is 49.5 Å². The van der Waals surface area contributed by atoms with Crippen LogP contribution in [0.25, 0.3) is 22.8 Å². The summed E-state index contributed by atoms with van der Waals surface area (Å²) in [5.74, 6) is 2.01. The summed E-state index contributed by atoms with van der Waals surface area (Å²) in [6, 6.07) is 7.38. The maximum absolute atomic E-state index is 13.4. The fourth-order valence-electron chi connectivity index (χ4n) is 5.41. The Morgan fingerprint density at radius 3 is 2.35 bits per heavy atom. The summed E-state index contributed by atoms with van der Waals surface area (Å²) in [5, 5.41) is 0. The van der Waals surface area contributed by atoms with E-state index >= 15 is 0 Å². The Kier molecular flexibility index (Phi) is 7.99. The van der Waals surface area contributed by atoms with Crippen molar-refractivity contribution in [2.24, 2.45) is 0 Å². The van der Waals surface area contributed by atoms with Crippen LogP contribution in [-0.4, -0.2) is 60.8 Å². The lowest BCUT2D eigenvalue weighted by Gasteiger charge is -2.34. The fourth-order valence-corrected chi connectivity index (χ4v) is 5.41. The number of anilines is 1. The molecule has 4 heterocycles. The van der Waals surface area contributed by atoms with Crippen LogP contribution in [0.1, 0.15) is 68.4 Å². The Morgan fingerprint density at radius 2 is 1.70 bits per heavy atom. The Bertz CT molecular complexity index is 1560. The molecule has 43 heavy (non-hydrogen) atoms. The Balaban J connectivity index is 1.32. The normalized spacial score (nSPS) is 16.1. The minimum Gasteiger partial charge on any atom is -0.480 e. The van der Waals surface area contributed by atoms with Crippen LogP contribution in [0.15, 0.2) is 43.1 Å². The number of imidazole rings is 1. The van der Waals surface area contributed by atoms with Crippen molar-refractivity contribution in [2.75, 3.05) is 25.2 Å². The van der Waals surface area contributed by atoms with Crippen molar-refractivity contribution in [2.45, 2.75) is 70.3 Å². The van der Waals surface area contributed by atoms with Crippen molar-refractivity contribution in [3.63, 3.8) is 0 Å². The summed E-state index contributed by atoms with van der Waals surface area (Å²) in [4.78, 5) is 28.9. The first-order valence-corrected chi connectivity index (χ1v) is 14.4. The standard InChI is InChI=1S/C30H33F3N8O2/c1-18(2)40-15-23(30(31,32)33)38-27(40)21-6-4-19(5-7-21)14-41(22-10-12-43-13-11-22)29-37-17-35-26(39-29)24-25(20-8-9-20)34-16-36-28(24)42-3/h4-7,15-18,20,22H,8-14H2,1-3H3. The molecular weight excluding hydrogens is 561 g/mol. The van der Waals surface area contributed by atoms with Crippen LogP contribution in [0.4, 0.5) is 19.1 Å². The van der Waals surface area contributed by atoms with Crippen molar-refractivity contribution in [3.8, 4) is 28.7 Å². The first-order valence-electron chi connectivity index (χ1n) is 14.4. The van der Waals surface area contributed by atoms with Gasteiger partial charge in [-0.15, -0.1) is 0 Å². The van der Waals surface area contributed by atoms with Gasteiger partial charge in [0.1, 0.15) is 24.0 Å². The van der Waals surface area contributed by atoms with Crippen LogP contribution in [-0.2, 0) is 17.5 Å². The largest absolute Gasteiger partial charge is 0.480 e. The van der Waals surface area contributed by atoms with Crippen molar-refractivity contribution < 1.29 is 22.6 Å². The molecule has 0 radical (unpaired) electrons. The van der Waals surface area contributed by atoms with Gasteiger partial charge in [-0.3, -0.25) is 0 Å². The monoisotopic (exact) mass is 594 g/mol. The quantitative estimate of drug-likeness (QED) is 0.236. The van der Waals surface area contributed by atoms with Gasteiger partial charge >= 0.3 is 6.18 Å². The van der Waals surface area contributed by atoms with E-state index in [9.17, 15) is 13.2 Å². The van der Waals surface area contributed by atoms with E-state index < -0.39 is 11.9 Å². The predicted octanol–water partition coefficient (Wildman–Crippen LogP) is 5.86. The summed E-state index contributed by atoms with van der Waals surface area (Å²) in [5.41, 5.74) is 2.23. The highest BCUT2D eigenvalue weighted by Crippen LogP contribution is 2.45. The number of alkyl halides is 3. The molecule has 13 heteroatoms. The van der Waals surface area contributed by atoms with Crippen molar-refractivity contribution in [1.82, 2.24) is 34.5 Å². The van der Waals surface area contributed by atoms with Gasteiger partial charge in [-0.1, -0.05) is 24.3 Å². The zero-order valence-electron chi connectivity index (χ0n) is 24.3. The van der Waals surface area contributed by atoms with Gasteiger partial charge in [-0.2, -0.15) is 18.2 Å². The number of benzene rings is 1. The summed E-state index contributed by atoms with van der Waals surface area (Å²) in [6.07, 6.45) is 3.26. The van der Waals surface area contributed by atoms with E-state index in [0.29, 0.717) is 54.5 Å². The van der Waals surface area contributed by atoms with E-state index in [-0.39, 0.29) is 17.9 Å². The molecule has 1 aliphatic heterocycles. The average molecular weight is 595 g/mol.